The van der Waals surface area contributed by atoms with E-state index in [0.29, 0.717) is 12.0 Å². The fraction of sp³-hybridized carbons (Fsp3) is 0.333. The van der Waals surface area contributed by atoms with E-state index in [1.165, 1.54) is 12.4 Å². The summed E-state index contributed by atoms with van der Waals surface area (Å²) in [5, 5.41) is 3.98. The highest BCUT2D eigenvalue weighted by molar-refractivity contribution is 5.27. The molecule has 2 aromatic rings. The minimum atomic E-state index is -0.326. The summed E-state index contributed by atoms with van der Waals surface area (Å²) >= 11 is 0. The molecule has 3 N–H and O–H groups in total. The summed E-state index contributed by atoms with van der Waals surface area (Å²) in [4.78, 5) is 4.11. The highest BCUT2D eigenvalue weighted by Gasteiger charge is 2.17. The van der Waals surface area contributed by atoms with Crippen LogP contribution in [0.25, 0.3) is 0 Å². The zero-order chi connectivity index (χ0) is 13.1. The molecule has 0 saturated carbocycles. The number of nitrogens with zero attached hydrogens (tertiary/aromatic N) is 3. The van der Waals surface area contributed by atoms with Gasteiger partial charge < -0.3 is 0 Å². The summed E-state index contributed by atoms with van der Waals surface area (Å²) in [5.41, 5.74) is 4.16. The van der Waals surface area contributed by atoms with E-state index < -0.39 is 0 Å². The van der Waals surface area contributed by atoms with Crippen molar-refractivity contribution < 1.29 is 4.39 Å². The van der Waals surface area contributed by atoms with Crippen LogP contribution in [0.15, 0.2) is 24.5 Å². The largest absolute Gasteiger partial charge is 0.271 e. The minimum absolute atomic E-state index is 0.272. The Hall–Kier alpha value is -1.79. The van der Waals surface area contributed by atoms with Crippen molar-refractivity contribution in [2.75, 3.05) is 0 Å². The molecule has 1 aromatic carbocycles. The molecule has 0 bridgehead atoms. The molecule has 2 rings (SSSR count). The summed E-state index contributed by atoms with van der Waals surface area (Å²) < 4.78 is 15.4. The molecule has 0 fully saturated rings. The van der Waals surface area contributed by atoms with E-state index >= 15 is 0 Å². The first kappa shape index (κ1) is 12.7. The van der Waals surface area contributed by atoms with Crippen LogP contribution in [-0.4, -0.2) is 14.8 Å². The number of hydrogen-bond donors (Lipinski definition) is 2. The first-order valence-electron chi connectivity index (χ1n) is 5.67. The Bertz CT molecular complexity index is 537. The maximum atomic E-state index is 13.8. The average molecular weight is 249 g/mol. The summed E-state index contributed by atoms with van der Waals surface area (Å²) in [6.07, 6.45) is 1.95. The molecule has 1 heterocycles. The lowest BCUT2D eigenvalue weighted by molar-refractivity contribution is 0.492. The Morgan fingerprint density at radius 2 is 2.28 bits per heavy atom. The number of aryl methyl sites for hydroxylation is 2. The summed E-state index contributed by atoms with van der Waals surface area (Å²) in [6, 6.07) is 4.64. The lowest BCUT2D eigenvalue weighted by Gasteiger charge is -2.17. The summed E-state index contributed by atoms with van der Waals surface area (Å²) in [5.74, 6) is 5.99. The second-order valence-corrected chi connectivity index (χ2v) is 4.25. The van der Waals surface area contributed by atoms with E-state index in [0.717, 1.165) is 11.4 Å². The molecule has 0 radical (unpaired) electrons. The first-order chi connectivity index (χ1) is 8.61. The summed E-state index contributed by atoms with van der Waals surface area (Å²) in [7, 11) is 1.79. The van der Waals surface area contributed by atoms with Crippen molar-refractivity contribution >= 4 is 0 Å². The Kier molecular flexibility index (Phi) is 3.69. The van der Waals surface area contributed by atoms with Crippen molar-refractivity contribution in [2.45, 2.75) is 19.4 Å². The molecule has 0 aliphatic rings. The van der Waals surface area contributed by atoms with Gasteiger partial charge in [-0.1, -0.05) is 17.7 Å². The Morgan fingerprint density at radius 1 is 1.50 bits per heavy atom. The third-order valence-corrected chi connectivity index (χ3v) is 2.92. The highest BCUT2D eigenvalue weighted by Crippen LogP contribution is 2.21. The fourth-order valence-corrected chi connectivity index (χ4v) is 1.88. The molecule has 1 aromatic heterocycles. The Morgan fingerprint density at radius 3 is 2.89 bits per heavy atom. The number of hydrazine groups is 1. The molecule has 1 unspecified atom stereocenters. The topological polar surface area (TPSA) is 68.8 Å². The molecule has 0 saturated heterocycles. The monoisotopic (exact) mass is 249 g/mol. The first-order valence-corrected chi connectivity index (χ1v) is 5.67. The van der Waals surface area contributed by atoms with Gasteiger partial charge in [0.05, 0.1) is 6.04 Å². The van der Waals surface area contributed by atoms with Crippen LogP contribution in [0.5, 0.6) is 0 Å². The van der Waals surface area contributed by atoms with E-state index in [-0.39, 0.29) is 11.9 Å². The van der Waals surface area contributed by atoms with Gasteiger partial charge in [-0.3, -0.25) is 16.0 Å². The van der Waals surface area contributed by atoms with Crippen molar-refractivity contribution in [3.05, 3.63) is 47.3 Å². The predicted molar refractivity (Wildman–Crippen MR) is 65.9 cm³/mol. The molecule has 0 aliphatic carbocycles. The van der Waals surface area contributed by atoms with Gasteiger partial charge in [0.15, 0.2) is 0 Å². The molecular formula is C12H16FN5. The second-order valence-electron chi connectivity index (χ2n) is 4.25. The molecule has 5 nitrogen and oxygen atoms in total. The van der Waals surface area contributed by atoms with E-state index in [1.54, 1.807) is 23.9 Å². The van der Waals surface area contributed by atoms with Gasteiger partial charge in [-0.2, -0.15) is 5.10 Å². The second kappa shape index (κ2) is 5.24. The van der Waals surface area contributed by atoms with E-state index in [2.05, 4.69) is 15.5 Å². The molecule has 0 aliphatic heterocycles. The van der Waals surface area contributed by atoms with Crippen LogP contribution in [-0.2, 0) is 13.5 Å². The van der Waals surface area contributed by atoms with E-state index in [1.807, 2.05) is 6.92 Å². The van der Waals surface area contributed by atoms with Crippen LogP contribution < -0.4 is 11.3 Å². The minimum Gasteiger partial charge on any atom is -0.271 e. The quantitative estimate of drug-likeness (QED) is 0.627. The molecule has 0 amide bonds. The van der Waals surface area contributed by atoms with Crippen LogP contribution in [0.2, 0.25) is 0 Å². The molecule has 96 valence electrons. The zero-order valence-electron chi connectivity index (χ0n) is 10.4. The third kappa shape index (κ3) is 2.55. The number of halogens is 1. The van der Waals surface area contributed by atoms with Crippen molar-refractivity contribution in [3.8, 4) is 0 Å². The van der Waals surface area contributed by atoms with E-state index in [4.69, 9.17) is 5.84 Å². The highest BCUT2D eigenvalue weighted by atomic mass is 19.1. The van der Waals surface area contributed by atoms with Gasteiger partial charge >= 0.3 is 0 Å². The average Bonchev–Trinajstić information content (AvgIpc) is 2.75. The van der Waals surface area contributed by atoms with Gasteiger partial charge in [-0.15, -0.1) is 0 Å². The number of benzene rings is 1. The van der Waals surface area contributed by atoms with Gasteiger partial charge in [-0.25, -0.2) is 9.37 Å². The molecule has 18 heavy (non-hydrogen) atoms. The molecule has 1 atom stereocenters. The molecule has 0 spiro atoms. The number of nitrogens with two attached hydrogens (primary N) is 1. The van der Waals surface area contributed by atoms with Crippen molar-refractivity contribution in [3.63, 3.8) is 0 Å². The Balaban J connectivity index is 2.28. The van der Waals surface area contributed by atoms with Crippen LogP contribution in [0.1, 0.15) is 23.0 Å². The zero-order valence-corrected chi connectivity index (χ0v) is 10.4. The van der Waals surface area contributed by atoms with Crippen LogP contribution >= 0.6 is 0 Å². The SMILES string of the molecule is Cc1ccc(F)c(C(Cc2ncnn2C)NN)c1. The lowest BCUT2D eigenvalue weighted by Crippen LogP contribution is -2.31. The van der Waals surface area contributed by atoms with Crippen LogP contribution in [0.4, 0.5) is 4.39 Å². The number of hydrogen-bond acceptors (Lipinski definition) is 4. The lowest BCUT2D eigenvalue weighted by atomic mass is 10.0. The molecular weight excluding hydrogens is 233 g/mol. The van der Waals surface area contributed by atoms with Crippen molar-refractivity contribution in [2.24, 2.45) is 12.9 Å². The maximum Gasteiger partial charge on any atom is 0.138 e. The van der Waals surface area contributed by atoms with Gasteiger partial charge in [-0.05, 0) is 13.0 Å². The standard InChI is InChI=1S/C12H16FN5/c1-8-3-4-10(13)9(5-8)11(17-14)6-12-15-7-16-18(12)2/h3-5,7,11,17H,6,14H2,1-2H3. The normalized spacial score (nSPS) is 12.7. The number of rotatable bonds is 4. The van der Waals surface area contributed by atoms with Gasteiger partial charge in [0.25, 0.3) is 0 Å². The fourth-order valence-electron chi connectivity index (χ4n) is 1.88. The summed E-state index contributed by atoms with van der Waals surface area (Å²) in [6.45, 7) is 1.92. The van der Waals surface area contributed by atoms with Gasteiger partial charge in [0, 0.05) is 19.0 Å². The van der Waals surface area contributed by atoms with Gasteiger partial charge in [0.1, 0.15) is 18.0 Å². The van der Waals surface area contributed by atoms with Gasteiger partial charge in [0.2, 0.25) is 0 Å². The smallest absolute Gasteiger partial charge is 0.138 e. The van der Waals surface area contributed by atoms with Crippen LogP contribution in [0, 0.1) is 12.7 Å². The maximum absolute atomic E-state index is 13.8. The molecule has 6 heteroatoms. The Labute approximate surface area is 105 Å². The number of aromatic nitrogens is 3. The van der Waals surface area contributed by atoms with Crippen LogP contribution in [0.3, 0.4) is 0 Å². The number of nitrogens with one attached hydrogen (secondary N) is 1. The van der Waals surface area contributed by atoms with Crippen molar-refractivity contribution in [1.82, 2.24) is 20.2 Å². The predicted octanol–water partition coefficient (Wildman–Crippen LogP) is 1.01. The van der Waals surface area contributed by atoms with E-state index in [9.17, 15) is 4.39 Å². The third-order valence-electron chi connectivity index (χ3n) is 2.92. The van der Waals surface area contributed by atoms with Crippen molar-refractivity contribution in [1.29, 1.82) is 0 Å².